The van der Waals surface area contributed by atoms with Crippen molar-refractivity contribution in [2.24, 2.45) is 17.3 Å². The van der Waals surface area contributed by atoms with Crippen LogP contribution in [-0.2, 0) is 23.9 Å². The first-order valence-corrected chi connectivity index (χ1v) is 22.0. The van der Waals surface area contributed by atoms with Gasteiger partial charge in [-0.25, -0.2) is 9.97 Å². The van der Waals surface area contributed by atoms with Gasteiger partial charge in [-0.2, -0.15) is 0 Å². The quantitative estimate of drug-likeness (QED) is 0.109. The Morgan fingerprint density at radius 3 is 2.27 bits per heavy atom. The van der Waals surface area contributed by atoms with Crippen molar-refractivity contribution in [3.8, 4) is 28.1 Å². The monoisotopic (exact) mass is 940 g/mol. The van der Waals surface area contributed by atoms with Crippen molar-refractivity contribution in [2.75, 3.05) is 76.9 Å². The summed E-state index contributed by atoms with van der Waals surface area (Å²) in [5.41, 5.74) is 0.993. The molecule has 3 amide bonds. The molecule has 356 valence electrons. The van der Waals surface area contributed by atoms with E-state index in [9.17, 15) is 32.7 Å². The Bertz CT molecular complexity index is 2300. The fraction of sp³-hybridized carbons (Fsp3) is 0.478. The maximum absolute atomic E-state index is 13.9. The number of amides is 3. The van der Waals surface area contributed by atoms with E-state index in [0.717, 1.165) is 30.9 Å². The van der Waals surface area contributed by atoms with E-state index in [0.29, 0.717) is 75.3 Å². The molecule has 0 aliphatic carbocycles. The molecule has 4 N–H and O–H groups in total. The lowest BCUT2D eigenvalue weighted by atomic mass is 9.90. The molecule has 0 bridgehead atoms. The smallest absolute Gasteiger partial charge is 0.471 e. The Labute approximate surface area is 386 Å². The number of nitrogens with one attached hydrogen (secondary N) is 3. The summed E-state index contributed by atoms with van der Waals surface area (Å²) in [7, 11) is 3.13. The molecule has 3 unspecified atom stereocenters. The number of alkyl halides is 3. The number of imidazole rings is 1. The number of methoxy groups -OCH3 is 1. The number of aromatic amines is 1. The molecule has 16 nitrogen and oxygen atoms in total. The van der Waals surface area contributed by atoms with E-state index in [4.69, 9.17) is 21.1 Å². The van der Waals surface area contributed by atoms with Crippen LogP contribution in [0.2, 0.25) is 5.02 Å². The second kappa shape index (κ2) is 21.7. The Balaban J connectivity index is 0.00000173. The van der Waals surface area contributed by atoms with Gasteiger partial charge in [0.15, 0.2) is 0 Å². The van der Waals surface area contributed by atoms with Gasteiger partial charge in [0.2, 0.25) is 11.8 Å². The van der Waals surface area contributed by atoms with Gasteiger partial charge in [0.25, 0.3) is 12.4 Å². The summed E-state index contributed by atoms with van der Waals surface area (Å²) >= 11 is 6.59. The fourth-order valence-corrected chi connectivity index (χ4v) is 8.65. The summed E-state index contributed by atoms with van der Waals surface area (Å²) in [6, 6.07) is 11.7. The fourth-order valence-electron chi connectivity index (χ4n) is 8.44. The van der Waals surface area contributed by atoms with Crippen LogP contribution in [-0.4, -0.2) is 133 Å². The van der Waals surface area contributed by atoms with Gasteiger partial charge in [0, 0.05) is 63.8 Å². The van der Waals surface area contributed by atoms with Gasteiger partial charge in [-0.15, -0.1) is 13.2 Å². The Morgan fingerprint density at radius 2 is 1.68 bits per heavy atom. The van der Waals surface area contributed by atoms with Crippen molar-refractivity contribution >= 4 is 47.3 Å². The van der Waals surface area contributed by atoms with Crippen LogP contribution < -0.4 is 20.3 Å². The molecule has 3 fully saturated rings. The minimum Gasteiger partial charge on any atom is -0.471 e. The molecule has 0 spiro atoms. The summed E-state index contributed by atoms with van der Waals surface area (Å²) in [5, 5.41) is 15.4. The molecule has 5 heterocycles. The van der Waals surface area contributed by atoms with Gasteiger partial charge in [-0.3, -0.25) is 19.2 Å². The number of aliphatic hydroxyl groups excluding tert-OH is 1. The third-order valence-corrected chi connectivity index (χ3v) is 12.4. The van der Waals surface area contributed by atoms with Gasteiger partial charge >= 0.3 is 6.36 Å². The second-order valence-corrected chi connectivity index (χ2v) is 17.6. The highest BCUT2D eigenvalue weighted by Crippen LogP contribution is 2.41. The summed E-state index contributed by atoms with van der Waals surface area (Å²) in [4.78, 5) is 67.0. The van der Waals surface area contributed by atoms with Crippen molar-refractivity contribution in [3.05, 3.63) is 77.3 Å². The molecule has 0 radical (unpaired) electrons. The third-order valence-electron chi connectivity index (χ3n) is 12.0. The highest BCUT2D eigenvalue weighted by Gasteiger charge is 2.41. The van der Waals surface area contributed by atoms with Crippen LogP contribution >= 0.6 is 11.6 Å². The van der Waals surface area contributed by atoms with Crippen LogP contribution in [0, 0.1) is 17.3 Å². The van der Waals surface area contributed by atoms with Crippen LogP contribution in [0.4, 0.5) is 24.7 Å². The Hall–Kier alpha value is -5.76. The van der Waals surface area contributed by atoms with E-state index >= 15 is 0 Å². The summed E-state index contributed by atoms with van der Waals surface area (Å²) < 4.78 is 55.1. The number of hydrogen-bond donors (Lipinski definition) is 4. The number of halogens is 4. The average Bonchev–Trinajstić information content (AvgIpc) is 3.97. The first kappa shape index (κ1) is 49.7. The zero-order chi connectivity index (χ0) is 47.8. The molecule has 4 aromatic rings. The lowest BCUT2D eigenvalue weighted by molar-refractivity contribution is -0.274. The minimum atomic E-state index is -5.05. The normalized spacial score (nSPS) is 18.5. The number of carbonyl (C=O) groups is 4. The number of pyridine rings is 1. The molecule has 3 saturated heterocycles. The number of anilines is 2. The number of nitrogens with zero attached hydrogens (tertiary/aromatic N) is 5. The molecular formula is C46H56ClF3N8O8. The zero-order valence-electron chi connectivity index (χ0n) is 37.5. The molecule has 3 aliphatic heterocycles. The molecule has 7 rings (SSSR count). The highest BCUT2D eigenvalue weighted by molar-refractivity contribution is 6.34. The summed E-state index contributed by atoms with van der Waals surface area (Å²) in [5.74, 6) is 0.405. The van der Waals surface area contributed by atoms with E-state index in [-0.39, 0.29) is 64.2 Å². The largest absolute Gasteiger partial charge is 0.573 e. The predicted octanol–water partition coefficient (Wildman–Crippen LogP) is 6.32. The van der Waals surface area contributed by atoms with Crippen molar-refractivity contribution in [3.63, 3.8) is 0 Å². The molecular weight excluding hydrogens is 885 g/mol. The lowest BCUT2D eigenvalue weighted by Gasteiger charge is -2.38. The lowest BCUT2D eigenvalue weighted by Crippen LogP contribution is -2.53. The van der Waals surface area contributed by atoms with Crippen LogP contribution in [0.3, 0.4) is 0 Å². The number of H-pyrrole nitrogens is 1. The number of benzene rings is 2. The van der Waals surface area contributed by atoms with Gasteiger partial charge in [-0.05, 0) is 81.3 Å². The number of rotatable bonds is 13. The van der Waals surface area contributed by atoms with E-state index in [1.807, 2.05) is 16.8 Å². The van der Waals surface area contributed by atoms with Gasteiger partial charge in [0.05, 0.1) is 59.4 Å². The van der Waals surface area contributed by atoms with E-state index in [1.165, 1.54) is 19.4 Å². The van der Waals surface area contributed by atoms with Crippen LogP contribution in [0.25, 0.3) is 22.4 Å². The number of piperazine rings is 1. The van der Waals surface area contributed by atoms with E-state index < -0.39 is 23.4 Å². The number of hydrogen-bond acceptors (Lipinski definition) is 12. The molecule has 3 aliphatic rings. The second-order valence-electron chi connectivity index (χ2n) is 17.2. The van der Waals surface area contributed by atoms with Crippen LogP contribution in [0.1, 0.15) is 62.3 Å². The molecule has 66 heavy (non-hydrogen) atoms. The Kier molecular flexibility index (Phi) is 16.3. The zero-order valence-corrected chi connectivity index (χ0v) is 38.2. The van der Waals surface area contributed by atoms with E-state index in [1.54, 1.807) is 61.3 Å². The maximum Gasteiger partial charge on any atom is 0.573 e. The third kappa shape index (κ3) is 12.0. The summed E-state index contributed by atoms with van der Waals surface area (Å²) in [6.45, 7) is 9.39. The van der Waals surface area contributed by atoms with Crippen molar-refractivity contribution < 1.29 is 51.7 Å². The number of likely N-dealkylation sites (tertiary alicyclic amines) is 1. The number of likely N-dealkylation sites (N-methyl/N-ethyl adjacent to an activating group) is 1. The van der Waals surface area contributed by atoms with E-state index in [2.05, 4.69) is 42.0 Å². The van der Waals surface area contributed by atoms with Crippen LogP contribution in [0.5, 0.6) is 5.75 Å². The summed E-state index contributed by atoms with van der Waals surface area (Å²) in [6.07, 6.45) is 0.375. The van der Waals surface area contributed by atoms with Crippen molar-refractivity contribution in [2.45, 2.75) is 58.5 Å². The van der Waals surface area contributed by atoms with Crippen LogP contribution in [0.15, 0.2) is 60.9 Å². The SMILES string of the molecule is CNC(C(=O)N1CC(C)CC1c1ncc(-c2ccc(-c3cc(Cl)c(NC(=O)c4ccc(N5CCN(C(=O)C(C)(C)CO)CC5)nc4)cc3OC(F)(F)F)cc2)[nH]1)C1CCOCC1.COC=O. The highest BCUT2D eigenvalue weighted by atomic mass is 35.5. The first-order valence-electron chi connectivity index (χ1n) is 21.7. The van der Waals surface area contributed by atoms with Crippen molar-refractivity contribution in [1.29, 1.82) is 0 Å². The van der Waals surface area contributed by atoms with Gasteiger partial charge < -0.3 is 49.6 Å². The maximum atomic E-state index is 13.9. The predicted molar refractivity (Wildman–Crippen MR) is 241 cm³/mol. The van der Waals surface area contributed by atoms with Gasteiger partial charge in [0.1, 0.15) is 17.4 Å². The first-order chi connectivity index (χ1) is 31.5. The Morgan fingerprint density at radius 1 is 1.02 bits per heavy atom. The average molecular weight is 941 g/mol. The van der Waals surface area contributed by atoms with Crippen molar-refractivity contribution in [1.82, 2.24) is 30.1 Å². The number of carbonyl (C=O) groups excluding carboxylic acids is 4. The number of ether oxygens (including phenoxy) is 3. The number of aromatic nitrogens is 3. The molecule has 3 atom stereocenters. The molecule has 2 aromatic carbocycles. The topological polar surface area (TPSA) is 192 Å². The number of aliphatic hydroxyl groups is 1. The molecule has 2 aromatic heterocycles. The molecule has 0 saturated carbocycles. The minimum absolute atomic E-state index is 0.0197. The van der Waals surface area contributed by atoms with Gasteiger partial charge in [-0.1, -0.05) is 42.8 Å². The molecule has 20 heteroatoms. The standard InChI is InChI=1S/C44H52ClF3N8O6.C2H4O2/c1-26-19-35(56(24-26)41(59)38(49-4)29-11-17-61-18-12-29)39-51-23-34(52-39)28-7-5-27(6-8-28)31-20-32(45)33(21-36(31)62-44(46,47)48)53-40(58)30-9-10-37(50-22-30)54-13-15-55(16-14-54)42(60)43(2,3)25-57;1-4-2-3/h5-10,20-23,26,29,35,38,49,57H,11-19,24-25H2,1-4H3,(H,51,52)(H,53,58);2H,1H3.